The predicted octanol–water partition coefficient (Wildman–Crippen LogP) is 1.85. The number of aromatic nitrogens is 3. The number of anilines is 1. The molecule has 0 atom stereocenters. The topological polar surface area (TPSA) is 50.7 Å². The molecule has 2 rings (SSSR count). The summed E-state index contributed by atoms with van der Waals surface area (Å²) in [5.74, 6) is 0.562. The maximum atomic E-state index is 5.96. The third-order valence-electron chi connectivity index (χ3n) is 1.91. The van der Waals surface area contributed by atoms with Crippen molar-refractivity contribution >= 4 is 47.1 Å². The number of nitrogens with zero attached hydrogens (tertiary/aromatic N) is 3. The maximum Gasteiger partial charge on any atom is 0.222 e. The van der Waals surface area contributed by atoms with Gasteiger partial charge in [0.1, 0.15) is 5.15 Å². The van der Waals surface area contributed by atoms with Crippen molar-refractivity contribution in [2.75, 3.05) is 12.4 Å². The van der Waals surface area contributed by atoms with Crippen LogP contribution in [-0.4, -0.2) is 51.6 Å². The van der Waals surface area contributed by atoms with Crippen molar-refractivity contribution in [1.82, 2.24) is 15.0 Å². The molecule has 0 aromatic carbocycles. The van der Waals surface area contributed by atoms with E-state index in [-0.39, 0.29) is 29.6 Å². The average molecular weight is 244 g/mol. The summed E-state index contributed by atoms with van der Waals surface area (Å²) in [6.45, 7) is 0. The van der Waals surface area contributed by atoms with Gasteiger partial charge in [-0.25, -0.2) is 15.0 Å². The van der Waals surface area contributed by atoms with E-state index in [2.05, 4.69) is 20.3 Å². The van der Waals surface area contributed by atoms with E-state index in [1.807, 2.05) is 12.1 Å². The van der Waals surface area contributed by atoms with Crippen LogP contribution in [0.2, 0.25) is 5.15 Å². The van der Waals surface area contributed by atoms with Gasteiger partial charge in [0.25, 0.3) is 0 Å². The van der Waals surface area contributed by atoms with Crippen molar-refractivity contribution in [3.8, 4) is 11.3 Å². The SMILES string of the molecule is CNc1nccc(-c2cccnc2Cl)n1.[Na]. The first-order valence-electron chi connectivity index (χ1n) is 4.43. The molecule has 1 radical (unpaired) electrons. The monoisotopic (exact) mass is 243 g/mol. The van der Waals surface area contributed by atoms with Gasteiger partial charge in [-0.2, -0.15) is 0 Å². The molecule has 0 spiro atoms. The molecule has 0 aliphatic heterocycles. The van der Waals surface area contributed by atoms with Gasteiger partial charge in [-0.3, -0.25) is 0 Å². The molecular weight excluding hydrogens is 235 g/mol. The number of pyridine rings is 1. The van der Waals surface area contributed by atoms with Crippen LogP contribution in [0.25, 0.3) is 11.3 Å². The standard InChI is InChI=1S/C10H9ClN4.Na/c1-12-10-14-6-4-8(15-10)7-3-2-5-13-9(7)11;/h2-6H,1H3,(H,12,14,15);. The Morgan fingerprint density at radius 3 is 2.69 bits per heavy atom. The first-order chi connectivity index (χ1) is 7.31. The summed E-state index contributed by atoms with van der Waals surface area (Å²) in [4.78, 5) is 12.3. The van der Waals surface area contributed by atoms with E-state index in [0.29, 0.717) is 11.1 Å². The Morgan fingerprint density at radius 2 is 2.00 bits per heavy atom. The Morgan fingerprint density at radius 1 is 1.19 bits per heavy atom. The molecule has 0 amide bonds. The number of rotatable bonds is 2. The Kier molecular flexibility index (Phi) is 5.15. The number of nitrogens with one attached hydrogen (secondary N) is 1. The van der Waals surface area contributed by atoms with E-state index in [1.54, 1.807) is 25.5 Å². The fourth-order valence-corrected chi connectivity index (χ4v) is 1.42. The van der Waals surface area contributed by atoms with Crippen LogP contribution in [0.5, 0.6) is 0 Å². The van der Waals surface area contributed by atoms with E-state index in [1.165, 1.54) is 0 Å². The summed E-state index contributed by atoms with van der Waals surface area (Å²) in [5, 5.41) is 3.31. The van der Waals surface area contributed by atoms with Gasteiger partial charge in [-0.05, 0) is 18.2 Å². The molecule has 2 aromatic rings. The van der Waals surface area contributed by atoms with E-state index < -0.39 is 0 Å². The summed E-state index contributed by atoms with van der Waals surface area (Å²) in [6.07, 6.45) is 3.32. The van der Waals surface area contributed by atoms with Gasteiger partial charge in [0.15, 0.2) is 0 Å². The van der Waals surface area contributed by atoms with Crippen LogP contribution in [0.3, 0.4) is 0 Å². The molecule has 0 unspecified atom stereocenters. The van der Waals surface area contributed by atoms with Crippen LogP contribution >= 0.6 is 11.6 Å². The smallest absolute Gasteiger partial charge is 0.222 e. The Balaban J connectivity index is 0.00000128. The van der Waals surface area contributed by atoms with Crippen molar-refractivity contribution in [3.05, 3.63) is 35.7 Å². The maximum absolute atomic E-state index is 5.96. The van der Waals surface area contributed by atoms with Crippen molar-refractivity contribution in [2.45, 2.75) is 0 Å². The third kappa shape index (κ3) is 2.92. The molecule has 6 heteroatoms. The second-order valence-electron chi connectivity index (χ2n) is 2.86. The van der Waals surface area contributed by atoms with Crippen molar-refractivity contribution in [2.24, 2.45) is 0 Å². The summed E-state index contributed by atoms with van der Waals surface area (Å²) >= 11 is 5.96. The fraction of sp³-hybridized carbons (Fsp3) is 0.100. The van der Waals surface area contributed by atoms with Crippen LogP contribution < -0.4 is 5.32 Å². The molecule has 2 heterocycles. The van der Waals surface area contributed by atoms with Crippen molar-refractivity contribution in [3.63, 3.8) is 0 Å². The van der Waals surface area contributed by atoms with E-state index in [0.717, 1.165) is 11.3 Å². The zero-order valence-electron chi connectivity index (χ0n) is 9.11. The van der Waals surface area contributed by atoms with Gasteiger partial charge in [0.05, 0.1) is 5.69 Å². The van der Waals surface area contributed by atoms with Gasteiger partial charge >= 0.3 is 0 Å². The minimum absolute atomic E-state index is 0. The number of hydrogen-bond acceptors (Lipinski definition) is 4. The molecule has 2 aromatic heterocycles. The molecule has 0 aliphatic carbocycles. The molecule has 0 aliphatic rings. The molecule has 0 bridgehead atoms. The van der Waals surface area contributed by atoms with Crippen LogP contribution in [0.4, 0.5) is 5.95 Å². The minimum atomic E-state index is 0. The minimum Gasteiger partial charge on any atom is -0.357 e. The first kappa shape index (κ1) is 13.4. The molecular formula is C10H9ClN4Na. The Hall–Kier alpha value is -0.680. The Labute approximate surface area is 121 Å². The van der Waals surface area contributed by atoms with Crippen LogP contribution in [0.1, 0.15) is 0 Å². The average Bonchev–Trinajstić information content (AvgIpc) is 2.30. The van der Waals surface area contributed by atoms with Gasteiger partial charge < -0.3 is 5.32 Å². The van der Waals surface area contributed by atoms with Crippen LogP contribution in [0, 0.1) is 0 Å². The second kappa shape index (κ2) is 6.15. The summed E-state index contributed by atoms with van der Waals surface area (Å²) in [5.41, 5.74) is 1.56. The molecule has 77 valence electrons. The third-order valence-corrected chi connectivity index (χ3v) is 2.22. The molecule has 0 saturated heterocycles. The van der Waals surface area contributed by atoms with Gasteiger partial charge in [0.2, 0.25) is 5.95 Å². The number of halogens is 1. The zero-order valence-corrected chi connectivity index (χ0v) is 11.9. The molecule has 16 heavy (non-hydrogen) atoms. The normalized spacial score (nSPS) is 9.38. The van der Waals surface area contributed by atoms with Crippen LogP contribution in [-0.2, 0) is 0 Å². The quantitative estimate of drug-likeness (QED) is 0.646. The van der Waals surface area contributed by atoms with Crippen LogP contribution in [0.15, 0.2) is 30.6 Å². The Bertz CT molecular complexity index is 478. The predicted molar refractivity (Wildman–Crippen MR) is 65.6 cm³/mol. The van der Waals surface area contributed by atoms with E-state index in [4.69, 9.17) is 11.6 Å². The summed E-state index contributed by atoms with van der Waals surface area (Å²) < 4.78 is 0. The summed E-state index contributed by atoms with van der Waals surface area (Å²) in [6, 6.07) is 5.49. The largest absolute Gasteiger partial charge is 0.357 e. The fourth-order valence-electron chi connectivity index (χ4n) is 1.21. The molecule has 0 fully saturated rings. The van der Waals surface area contributed by atoms with Crippen molar-refractivity contribution in [1.29, 1.82) is 0 Å². The van der Waals surface area contributed by atoms with Gasteiger partial charge in [-0.1, -0.05) is 11.6 Å². The van der Waals surface area contributed by atoms with Gasteiger partial charge in [0, 0.05) is 54.6 Å². The van der Waals surface area contributed by atoms with E-state index >= 15 is 0 Å². The second-order valence-corrected chi connectivity index (χ2v) is 3.22. The number of hydrogen-bond donors (Lipinski definition) is 1. The molecule has 1 N–H and O–H groups in total. The van der Waals surface area contributed by atoms with Gasteiger partial charge in [-0.15, -0.1) is 0 Å². The summed E-state index contributed by atoms with van der Waals surface area (Å²) in [7, 11) is 1.77. The zero-order chi connectivity index (χ0) is 10.7. The van der Waals surface area contributed by atoms with E-state index in [9.17, 15) is 0 Å². The molecule has 4 nitrogen and oxygen atoms in total. The first-order valence-corrected chi connectivity index (χ1v) is 4.81. The van der Waals surface area contributed by atoms with Crippen molar-refractivity contribution < 1.29 is 0 Å². The molecule has 0 saturated carbocycles.